The molecule has 1 heterocycles. The van der Waals surface area contributed by atoms with Gasteiger partial charge in [-0.15, -0.1) is 0 Å². The Bertz CT molecular complexity index is 1210. The minimum Gasteiger partial charge on any atom is -0.497 e. The van der Waals surface area contributed by atoms with Crippen LogP contribution in [0.4, 0.5) is 0 Å². The molecule has 0 saturated heterocycles. The van der Waals surface area contributed by atoms with Crippen molar-refractivity contribution in [3.8, 4) is 5.75 Å². The normalized spacial score (nSPS) is 11.6. The third-order valence-corrected chi connectivity index (χ3v) is 8.25. The molecule has 0 spiro atoms. The highest BCUT2D eigenvalue weighted by Gasteiger charge is 2.26. The van der Waals surface area contributed by atoms with Crippen molar-refractivity contribution >= 4 is 38.5 Å². The smallest absolute Gasteiger partial charge is 0.254 e. The molecule has 2 aromatic carbocycles. The lowest BCUT2D eigenvalue weighted by atomic mass is 10.1. The Morgan fingerprint density at radius 2 is 1.70 bits per heavy atom. The molecule has 1 amide bonds. The second-order valence-corrected chi connectivity index (χ2v) is 10.5. The first kappa shape index (κ1) is 25.3. The quantitative estimate of drug-likeness (QED) is 0.295. The molecule has 0 unspecified atom stereocenters. The zero-order chi connectivity index (χ0) is 24.2. The van der Waals surface area contributed by atoms with Gasteiger partial charge in [0.2, 0.25) is 10.0 Å². The van der Waals surface area contributed by atoms with Crippen LogP contribution in [-0.4, -0.2) is 32.8 Å². The summed E-state index contributed by atoms with van der Waals surface area (Å²) in [7, 11) is -0.741. The van der Waals surface area contributed by atoms with E-state index in [2.05, 4.69) is 27.9 Å². The Kier molecular flexibility index (Phi) is 8.19. The minimum atomic E-state index is -3.77. The number of hydrogen-bond donors (Lipinski definition) is 1. The Morgan fingerprint density at radius 3 is 2.27 bits per heavy atom. The van der Waals surface area contributed by atoms with Gasteiger partial charge in [0.15, 0.2) is 0 Å². The van der Waals surface area contributed by atoms with E-state index in [1.165, 1.54) is 23.2 Å². The molecule has 3 rings (SSSR count). The summed E-state index contributed by atoms with van der Waals surface area (Å²) in [6.07, 6.45) is 1.34. The number of carbonyl (C=O) groups is 1. The SMILES string of the molecule is COc1cc(C)c(S(=O)(=O)N(C)Cc2cc(C(=O)NCc3ccc(CI)cc3)co2)c(C)c1. The summed E-state index contributed by atoms with van der Waals surface area (Å²) in [5, 5.41) is 2.86. The number of methoxy groups -OCH3 is 1. The van der Waals surface area contributed by atoms with Crippen LogP contribution in [0.2, 0.25) is 0 Å². The zero-order valence-corrected chi connectivity index (χ0v) is 22.0. The van der Waals surface area contributed by atoms with Gasteiger partial charge in [0.1, 0.15) is 17.8 Å². The van der Waals surface area contributed by atoms with Gasteiger partial charge in [0.25, 0.3) is 5.91 Å². The highest BCUT2D eigenvalue weighted by atomic mass is 127. The van der Waals surface area contributed by atoms with Crippen molar-refractivity contribution in [1.29, 1.82) is 0 Å². The van der Waals surface area contributed by atoms with Crippen LogP contribution in [0.5, 0.6) is 5.75 Å². The maximum Gasteiger partial charge on any atom is 0.254 e. The number of halogens is 1. The Morgan fingerprint density at radius 1 is 1.09 bits per heavy atom. The first-order valence-electron chi connectivity index (χ1n) is 10.3. The molecule has 0 atom stereocenters. The van der Waals surface area contributed by atoms with E-state index >= 15 is 0 Å². The molecule has 0 aliphatic carbocycles. The number of hydrogen-bond acceptors (Lipinski definition) is 5. The summed E-state index contributed by atoms with van der Waals surface area (Å²) in [5.41, 5.74) is 3.77. The molecule has 1 N–H and O–H groups in total. The van der Waals surface area contributed by atoms with Crippen molar-refractivity contribution in [1.82, 2.24) is 9.62 Å². The molecule has 0 fully saturated rings. The lowest BCUT2D eigenvalue weighted by Crippen LogP contribution is -2.27. The predicted octanol–water partition coefficient (Wildman–Crippen LogP) is 4.59. The molecule has 1 aromatic heterocycles. The van der Waals surface area contributed by atoms with Gasteiger partial charge < -0.3 is 14.5 Å². The summed E-state index contributed by atoms with van der Waals surface area (Å²) >= 11 is 2.30. The van der Waals surface area contributed by atoms with Crippen LogP contribution in [0.15, 0.2) is 58.0 Å². The molecule has 9 heteroatoms. The van der Waals surface area contributed by atoms with E-state index in [-0.39, 0.29) is 17.3 Å². The Balaban J connectivity index is 1.67. The summed E-state index contributed by atoms with van der Waals surface area (Å²) in [4.78, 5) is 12.7. The molecule has 0 bridgehead atoms. The number of benzene rings is 2. The number of amides is 1. The summed E-state index contributed by atoms with van der Waals surface area (Å²) < 4.78 is 39.2. The maximum absolute atomic E-state index is 13.2. The minimum absolute atomic E-state index is 0.00170. The van der Waals surface area contributed by atoms with E-state index in [1.54, 1.807) is 39.2 Å². The molecule has 33 heavy (non-hydrogen) atoms. The van der Waals surface area contributed by atoms with Crippen LogP contribution in [0.3, 0.4) is 0 Å². The van der Waals surface area contributed by atoms with Crippen LogP contribution in [-0.2, 0) is 27.5 Å². The topological polar surface area (TPSA) is 88.9 Å². The number of rotatable bonds is 9. The third-order valence-electron chi connectivity index (χ3n) is 5.26. The second-order valence-electron chi connectivity index (χ2n) is 7.79. The fourth-order valence-corrected chi connectivity index (χ4v) is 5.56. The number of carbonyl (C=O) groups excluding carboxylic acids is 1. The van der Waals surface area contributed by atoms with E-state index in [1.807, 2.05) is 24.3 Å². The number of nitrogens with one attached hydrogen (secondary N) is 1. The van der Waals surface area contributed by atoms with Crippen LogP contribution >= 0.6 is 22.6 Å². The van der Waals surface area contributed by atoms with E-state index in [4.69, 9.17) is 9.15 Å². The van der Waals surface area contributed by atoms with Crippen LogP contribution < -0.4 is 10.1 Å². The first-order chi connectivity index (χ1) is 15.6. The highest BCUT2D eigenvalue weighted by molar-refractivity contribution is 14.1. The number of sulfonamides is 1. The number of alkyl halides is 1. The van der Waals surface area contributed by atoms with E-state index in [0.717, 1.165) is 9.99 Å². The zero-order valence-electron chi connectivity index (χ0n) is 19.0. The van der Waals surface area contributed by atoms with E-state index in [0.29, 0.717) is 34.7 Å². The Hall–Kier alpha value is -2.37. The van der Waals surface area contributed by atoms with Crippen molar-refractivity contribution in [2.24, 2.45) is 0 Å². The van der Waals surface area contributed by atoms with Gasteiger partial charge in [-0.25, -0.2) is 8.42 Å². The van der Waals surface area contributed by atoms with Gasteiger partial charge in [0, 0.05) is 18.0 Å². The van der Waals surface area contributed by atoms with Gasteiger partial charge >= 0.3 is 0 Å². The van der Waals surface area contributed by atoms with Gasteiger partial charge in [-0.2, -0.15) is 4.31 Å². The largest absolute Gasteiger partial charge is 0.497 e. The predicted molar refractivity (Wildman–Crippen MR) is 135 cm³/mol. The summed E-state index contributed by atoms with van der Waals surface area (Å²) in [6.45, 7) is 3.87. The van der Waals surface area contributed by atoms with Crippen LogP contribution in [0.1, 0.15) is 38.4 Å². The molecule has 0 saturated carbocycles. The lowest BCUT2D eigenvalue weighted by molar-refractivity contribution is 0.0950. The Labute approximate surface area is 208 Å². The van der Waals surface area contributed by atoms with Crippen molar-refractivity contribution in [3.63, 3.8) is 0 Å². The summed E-state index contributed by atoms with van der Waals surface area (Å²) in [5.74, 6) is 0.700. The number of aryl methyl sites for hydroxylation is 2. The van der Waals surface area contributed by atoms with Crippen molar-refractivity contribution in [2.75, 3.05) is 14.2 Å². The molecule has 3 aromatic rings. The molecular weight excluding hydrogens is 555 g/mol. The lowest BCUT2D eigenvalue weighted by Gasteiger charge is -2.19. The van der Waals surface area contributed by atoms with Crippen LogP contribution in [0.25, 0.3) is 0 Å². The molecule has 0 aliphatic heterocycles. The van der Waals surface area contributed by atoms with Gasteiger partial charge in [0.05, 0.1) is 24.1 Å². The van der Waals surface area contributed by atoms with E-state index < -0.39 is 10.0 Å². The highest BCUT2D eigenvalue weighted by Crippen LogP contribution is 2.28. The fourth-order valence-electron chi connectivity index (χ4n) is 3.51. The van der Waals surface area contributed by atoms with Gasteiger partial charge in [-0.3, -0.25) is 4.79 Å². The molecule has 0 aliphatic rings. The van der Waals surface area contributed by atoms with Gasteiger partial charge in [-0.05, 0) is 54.3 Å². The van der Waals surface area contributed by atoms with Crippen molar-refractivity contribution < 1.29 is 22.4 Å². The average molecular weight is 582 g/mol. The number of nitrogens with zero attached hydrogens (tertiary/aromatic N) is 1. The van der Waals surface area contributed by atoms with Crippen molar-refractivity contribution in [3.05, 3.63) is 82.3 Å². The monoisotopic (exact) mass is 582 g/mol. The molecule has 7 nitrogen and oxygen atoms in total. The van der Waals surface area contributed by atoms with Crippen LogP contribution in [0, 0.1) is 13.8 Å². The fraction of sp³-hybridized carbons (Fsp3) is 0.292. The average Bonchev–Trinajstić information content (AvgIpc) is 3.25. The van der Waals surface area contributed by atoms with Gasteiger partial charge in [-0.1, -0.05) is 46.9 Å². The summed E-state index contributed by atoms with van der Waals surface area (Å²) in [6, 6.07) is 13.0. The maximum atomic E-state index is 13.2. The molecular formula is C24H27IN2O5S. The standard InChI is InChI=1S/C24H27IN2O5S/c1-16-9-21(31-4)10-17(2)23(16)33(29,30)27(3)14-22-11-20(15-32-22)24(28)26-13-19-7-5-18(12-25)6-8-19/h5-11,15H,12-14H2,1-4H3,(H,26,28). The number of ether oxygens (including phenoxy) is 1. The first-order valence-corrected chi connectivity index (χ1v) is 13.2. The second kappa shape index (κ2) is 10.7. The third kappa shape index (κ3) is 5.96. The van der Waals surface area contributed by atoms with E-state index in [9.17, 15) is 13.2 Å². The van der Waals surface area contributed by atoms with Crippen molar-refractivity contribution in [2.45, 2.75) is 36.3 Å². The molecule has 176 valence electrons. The number of furan rings is 1. The molecule has 0 radical (unpaired) electrons.